The Kier molecular flexibility index (Phi) is 6.89. The number of nitrogens with two attached hydrogens (primary N) is 1. The van der Waals surface area contributed by atoms with Gasteiger partial charge in [0.15, 0.2) is 0 Å². The van der Waals surface area contributed by atoms with Crippen LogP contribution in [0.15, 0.2) is 24.3 Å². The summed E-state index contributed by atoms with van der Waals surface area (Å²) in [6.45, 7) is 0.227. The molecule has 0 saturated heterocycles. The van der Waals surface area contributed by atoms with Crippen molar-refractivity contribution in [3.63, 3.8) is 0 Å². The molecule has 0 aliphatic heterocycles. The number of hydrogen-bond donors (Lipinski definition) is 1. The minimum absolute atomic E-state index is 0.0616. The monoisotopic (exact) mass is 338 g/mol. The maximum Gasteiger partial charge on any atom is 0.236 e. The van der Waals surface area contributed by atoms with Gasteiger partial charge in [-0.2, -0.15) is 0 Å². The number of benzene rings is 1. The van der Waals surface area contributed by atoms with Gasteiger partial charge < -0.3 is 10.6 Å². The second-order valence-electron chi connectivity index (χ2n) is 5.81. The minimum Gasteiger partial charge on any atom is -0.370 e. The summed E-state index contributed by atoms with van der Waals surface area (Å²) in [7, 11) is 0. The maximum atomic E-state index is 13.1. The normalized spacial score (nSPS) is 15.3. The first kappa shape index (κ1) is 17.8. The fourth-order valence-electron chi connectivity index (χ4n) is 2.74. The van der Waals surface area contributed by atoms with Gasteiger partial charge in [0.05, 0.1) is 5.75 Å². The van der Waals surface area contributed by atoms with Crippen LogP contribution in [0, 0.1) is 5.82 Å². The SMILES string of the molecule is NC(=O)CCN(C(=O)CSC1CCCCC1)c1ccc(F)cc1. The number of hydrogen-bond acceptors (Lipinski definition) is 3. The summed E-state index contributed by atoms with van der Waals surface area (Å²) in [5, 5.41) is 0.541. The summed E-state index contributed by atoms with van der Waals surface area (Å²) in [6.07, 6.45) is 6.17. The van der Waals surface area contributed by atoms with Gasteiger partial charge in [0.1, 0.15) is 5.82 Å². The average Bonchev–Trinajstić information content (AvgIpc) is 2.55. The second-order valence-corrected chi connectivity index (χ2v) is 7.10. The van der Waals surface area contributed by atoms with Crippen LogP contribution in [0.3, 0.4) is 0 Å². The van der Waals surface area contributed by atoms with E-state index >= 15 is 0 Å². The van der Waals surface area contributed by atoms with E-state index in [9.17, 15) is 14.0 Å². The van der Waals surface area contributed by atoms with Crippen LogP contribution < -0.4 is 10.6 Å². The number of rotatable bonds is 7. The summed E-state index contributed by atoms with van der Waals surface area (Å²) < 4.78 is 13.1. The Morgan fingerprint density at radius 1 is 1.17 bits per heavy atom. The number of anilines is 1. The first-order valence-corrected chi connectivity index (χ1v) is 9.07. The molecule has 0 bridgehead atoms. The third-order valence-corrected chi connectivity index (χ3v) is 5.37. The zero-order chi connectivity index (χ0) is 16.7. The molecule has 0 atom stereocenters. The molecule has 1 aliphatic rings. The predicted octanol–water partition coefficient (Wildman–Crippen LogP) is 3.10. The molecule has 1 aromatic carbocycles. The molecule has 0 heterocycles. The van der Waals surface area contributed by atoms with Crippen LogP contribution >= 0.6 is 11.8 Å². The molecule has 1 aromatic rings. The highest BCUT2D eigenvalue weighted by Gasteiger charge is 2.20. The Labute approximate surface area is 140 Å². The molecule has 2 rings (SSSR count). The molecule has 4 nitrogen and oxygen atoms in total. The molecule has 1 aliphatic carbocycles. The number of carbonyl (C=O) groups is 2. The molecule has 1 saturated carbocycles. The number of carbonyl (C=O) groups excluding carboxylic acids is 2. The van der Waals surface area contributed by atoms with Gasteiger partial charge in [-0.1, -0.05) is 19.3 Å². The van der Waals surface area contributed by atoms with Gasteiger partial charge >= 0.3 is 0 Å². The molecular formula is C17H23FN2O2S. The van der Waals surface area contributed by atoms with Gasteiger partial charge in [-0.25, -0.2) is 4.39 Å². The van der Waals surface area contributed by atoms with Crippen LogP contribution in [0.4, 0.5) is 10.1 Å². The van der Waals surface area contributed by atoms with Gasteiger partial charge in [0, 0.05) is 23.9 Å². The van der Waals surface area contributed by atoms with E-state index in [1.807, 2.05) is 0 Å². The Balaban J connectivity index is 1.98. The zero-order valence-corrected chi connectivity index (χ0v) is 14.0. The Morgan fingerprint density at radius 2 is 1.83 bits per heavy atom. The van der Waals surface area contributed by atoms with Crippen molar-refractivity contribution in [2.24, 2.45) is 5.73 Å². The van der Waals surface area contributed by atoms with Gasteiger partial charge in [0.25, 0.3) is 0 Å². The fraction of sp³-hybridized carbons (Fsp3) is 0.529. The van der Waals surface area contributed by atoms with E-state index in [0.717, 1.165) is 12.8 Å². The van der Waals surface area contributed by atoms with Crippen LogP contribution in [-0.2, 0) is 9.59 Å². The highest BCUT2D eigenvalue weighted by atomic mass is 32.2. The number of nitrogens with zero attached hydrogens (tertiary/aromatic N) is 1. The summed E-state index contributed by atoms with van der Waals surface area (Å²) in [5.41, 5.74) is 5.79. The van der Waals surface area contributed by atoms with E-state index in [1.54, 1.807) is 23.9 Å². The molecule has 1 fully saturated rings. The van der Waals surface area contributed by atoms with Crippen LogP contribution in [0.2, 0.25) is 0 Å². The van der Waals surface area contributed by atoms with E-state index in [0.29, 0.717) is 16.7 Å². The standard InChI is InChI=1S/C17H23FN2O2S/c18-13-6-8-14(9-7-13)20(11-10-16(19)21)17(22)12-23-15-4-2-1-3-5-15/h6-9,15H,1-5,10-12H2,(H2,19,21). The number of primary amides is 1. The summed E-state index contributed by atoms with van der Waals surface area (Å²) in [6, 6.07) is 5.74. The maximum absolute atomic E-state index is 13.1. The van der Waals surface area contributed by atoms with Crippen molar-refractivity contribution < 1.29 is 14.0 Å². The highest BCUT2D eigenvalue weighted by molar-refractivity contribution is 8.00. The first-order chi connectivity index (χ1) is 11.1. The van der Waals surface area contributed by atoms with Crippen molar-refractivity contribution in [1.82, 2.24) is 0 Å². The number of amides is 2. The Hall–Kier alpha value is -1.56. The third kappa shape index (κ3) is 5.86. The molecule has 6 heteroatoms. The topological polar surface area (TPSA) is 63.4 Å². The van der Waals surface area contributed by atoms with Crippen molar-refractivity contribution in [3.8, 4) is 0 Å². The van der Waals surface area contributed by atoms with E-state index in [1.165, 1.54) is 36.3 Å². The average molecular weight is 338 g/mol. The Bertz CT molecular complexity index is 530. The lowest BCUT2D eigenvalue weighted by Crippen LogP contribution is -2.35. The third-order valence-electron chi connectivity index (χ3n) is 4.02. The summed E-state index contributed by atoms with van der Waals surface area (Å²) >= 11 is 1.68. The minimum atomic E-state index is -0.454. The number of halogens is 1. The van der Waals surface area contributed by atoms with Crippen molar-refractivity contribution in [3.05, 3.63) is 30.1 Å². The van der Waals surface area contributed by atoms with Gasteiger partial charge in [-0.15, -0.1) is 11.8 Å². The van der Waals surface area contributed by atoms with Crippen molar-refractivity contribution >= 4 is 29.3 Å². The fourth-order valence-corrected chi connectivity index (χ4v) is 3.94. The smallest absolute Gasteiger partial charge is 0.236 e. The van der Waals surface area contributed by atoms with E-state index in [-0.39, 0.29) is 24.7 Å². The largest absolute Gasteiger partial charge is 0.370 e. The molecule has 0 radical (unpaired) electrons. The van der Waals surface area contributed by atoms with E-state index in [4.69, 9.17) is 5.73 Å². The van der Waals surface area contributed by atoms with Crippen molar-refractivity contribution in [1.29, 1.82) is 0 Å². The second kappa shape index (κ2) is 8.91. The predicted molar refractivity (Wildman–Crippen MR) is 91.9 cm³/mol. The lowest BCUT2D eigenvalue weighted by Gasteiger charge is -2.25. The van der Waals surface area contributed by atoms with Gasteiger partial charge in [-0.3, -0.25) is 9.59 Å². The lowest BCUT2D eigenvalue weighted by atomic mass is 10.0. The highest BCUT2D eigenvalue weighted by Crippen LogP contribution is 2.28. The molecule has 126 valence electrons. The summed E-state index contributed by atoms with van der Waals surface area (Å²) in [5.74, 6) is -0.494. The molecular weight excluding hydrogens is 315 g/mol. The van der Waals surface area contributed by atoms with Crippen molar-refractivity contribution in [2.45, 2.75) is 43.8 Å². The molecule has 0 aromatic heterocycles. The first-order valence-electron chi connectivity index (χ1n) is 8.02. The quantitative estimate of drug-likeness (QED) is 0.831. The number of thioether (sulfide) groups is 1. The van der Waals surface area contributed by atoms with Crippen LogP contribution in [0.5, 0.6) is 0 Å². The van der Waals surface area contributed by atoms with Crippen LogP contribution in [-0.4, -0.2) is 29.4 Å². The summed E-state index contributed by atoms with van der Waals surface area (Å²) in [4.78, 5) is 25.1. The van der Waals surface area contributed by atoms with Gasteiger partial charge in [0.2, 0.25) is 11.8 Å². The van der Waals surface area contributed by atoms with E-state index in [2.05, 4.69) is 0 Å². The molecule has 23 heavy (non-hydrogen) atoms. The molecule has 2 amide bonds. The molecule has 0 spiro atoms. The van der Waals surface area contributed by atoms with E-state index < -0.39 is 5.91 Å². The zero-order valence-electron chi connectivity index (χ0n) is 13.2. The molecule has 2 N–H and O–H groups in total. The Morgan fingerprint density at radius 3 is 2.43 bits per heavy atom. The van der Waals surface area contributed by atoms with Crippen molar-refractivity contribution in [2.75, 3.05) is 17.2 Å². The van der Waals surface area contributed by atoms with Gasteiger partial charge in [-0.05, 0) is 37.1 Å². The van der Waals surface area contributed by atoms with Crippen LogP contribution in [0.25, 0.3) is 0 Å². The molecule has 0 unspecified atom stereocenters. The lowest BCUT2D eigenvalue weighted by molar-refractivity contribution is -0.118. The van der Waals surface area contributed by atoms with Crippen LogP contribution in [0.1, 0.15) is 38.5 Å².